The summed E-state index contributed by atoms with van der Waals surface area (Å²) >= 11 is 0. The molecule has 4 unspecified atom stereocenters. The topological polar surface area (TPSA) is 23.3 Å². The van der Waals surface area contributed by atoms with Crippen LogP contribution in [0.25, 0.3) is 0 Å². The number of piperidine rings is 1. The number of carbonyl (C=O) groups excluding carboxylic acids is 1. The molecule has 2 fully saturated rings. The van der Waals surface area contributed by atoms with E-state index in [0.29, 0.717) is 24.4 Å². The molecule has 3 heteroatoms. The van der Waals surface area contributed by atoms with Gasteiger partial charge in [-0.15, -0.1) is 0 Å². The number of carbonyl (C=O) groups is 1. The molecule has 2 aliphatic rings. The predicted molar refractivity (Wildman–Crippen MR) is 95.9 cm³/mol. The quantitative estimate of drug-likeness (QED) is 0.588. The van der Waals surface area contributed by atoms with Gasteiger partial charge >= 0.3 is 0 Å². The standard InChI is InChI=1S/C20H34N2O/c1-15(2)20(7)16(3)22(20)14-18(23)21-12-8-9-17(13-21)10-11-19(4,5)6/h15-17H,8-9,12-14H2,1-7H3. The van der Waals surface area contributed by atoms with Crippen LogP contribution in [0, 0.1) is 29.1 Å². The molecule has 0 radical (unpaired) electrons. The van der Waals surface area contributed by atoms with Crippen molar-refractivity contribution >= 4 is 5.91 Å². The van der Waals surface area contributed by atoms with E-state index in [1.165, 1.54) is 0 Å². The Kier molecular flexibility index (Phi) is 5.16. The highest BCUT2D eigenvalue weighted by molar-refractivity contribution is 5.79. The van der Waals surface area contributed by atoms with Gasteiger partial charge in [0.1, 0.15) is 0 Å². The molecular formula is C20H34N2O. The maximum Gasteiger partial charge on any atom is 0.236 e. The Morgan fingerprint density at radius 1 is 1.35 bits per heavy atom. The Balaban J connectivity index is 1.92. The van der Waals surface area contributed by atoms with Crippen LogP contribution in [0.1, 0.15) is 61.3 Å². The van der Waals surface area contributed by atoms with Gasteiger partial charge in [-0.3, -0.25) is 9.69 Å². The van der Waals surface area contributed by atoms with Crippen molar-refractivity contribution in [2.45, 2.75) is 72.9 Å². The summed E-state index contributed by atoms with van der Waals surface area (Å²) in [4.78, 5) is 17.1. The Labute approximate surface area is 142 Å². The molecule has 2 saturated heterocycles. The van der Waals surface area contributed by atoms with Gasteiger partial charge in [0.05, 0.1) is 6.54 Å². The maximum atomic E-state index is 12.7. The van der Waals surface area contributed by atoms with Crippen molar-refractivity contribution in [2.75, 3.05) is 19.6 Å². The maximum absolute atomic E-state index is 12.7. The number of nitrogens with zero attached hydrogens (tertiary/aromatic N) is 2. The monoisotopic (exact) mass is 318 g/mol. The summed E-state index contributed by atoms with van der Waals surface area (Å²) in [5, 5.41) is 0. The van der Waals surface area contributed by atoms with E-state index >= 15 is 0 Å². The van der Waals surface area contributed by atoms with Crippen LogP contribution in [0.2, 0.25) is 0 Å². The van der Waals surface area contributed by atoms with Gasteiger partial charge in [0.2, 0.25) is 5.91 Å². The average molecular weight is 319 g/mol. The van der Waals surface area contributed by atoms with Gasteiger partial charge in [0.25, 0.3) is 0 Å². The zero-order valence-corrected chi connectivity index (χ0v) is 16.1. The smallest absolute Gasteiger partial charge is 0.236 e. The van der Waals surface area contributed by atoms with E-state index in [1.54, 1.807) is 0 Å². The van der Waals surface area contributed by atoms with E-state index in [0.717, 1.165) is 25.9 Å². The molecule has 0 N–H and O–H groups in total. The fourth-order valence-electron chi connectivity index (χ4n) is 3.66. The second-order valence-electron chi connectivity index (χ2n) is 8.88. The number of rotatable bonds is 3. The molecule has 0 aliphatic carbocycles. The summed E-state index contributed by atoms with van der Waals surface area (Å²) in [5.74, 6) is 7.95. The van der Waals surface area contributed by atoms with Crippen LogP contribution in [0.15, 0.2) is 0 Å². The number of hydrogen-bond acceptors (Lipinski definition) is 2. The molecule has 0 saturated carbocycles. The van der Waals surface area contributed by atoms with Gasteiger partial charge in [-0.25, -0.2) is 0 Å². The molecular weight excluding hydrogens is 284 g/mol. The Morgan fingerprint density at radius 3 is 2.52 bits per heavy atom. The number of likely N-dealkylation sites (tertiary alicyclic amines) is 1. The van der Waals surface area contributed by atoms with Crippen molar-refractivity contribution in [3.8, 4) is 11.8 Å². The van der Waals surface area contributed by atoms with E-state index in [9.17, 15) is 4.79 Å². The van der Waals surface area contributed by atoms with Gasteiger partial charge in [-0.05, 0) is 53.4 Å². The second kappa shape index (κ2) is 6.48. The van der Waals surface area contributed by atoms with Crippen LogP contribution in [0.4, 0.5) is 0 Å². The summed E-state index contributed by atoms with van der Waals surface area (Å²) in [6.45, 7) is 17.7. The molecule has 130 valence electrons. The molecule has 0 spiro atoms. The molecule has 0 aromatic carbocycles. The lowest BCUT2D eigenvalue weighted by Crippen LogP contribution is -2.43. The molecule has 2 aliphatic heterocycles. The second-order valence-corrected chi connectivity index (χ2v) is 8.88. The predicted octanol–water partition coefficient (Wildman–Crippen LogP) is 3.39. The van der Waals surface area contributed by atoms with Crippen molar-refractivity contribution < 1.29 is 4.79 Å². The van der Waals surface area contributed by atoms with Gasteiger partial charge in [0, 0.05) is 36.0 Å². The third-order valence-corrected chi connectivity index (χ3v) is 5.76. The molecule has 4 atom stereocenters. The minimum absolute atomic E-state index is 0.0422. The number of hydrogen-bond donors (Lipinski definition) is 0. The fourth-order valence-corrected chi connectivity index (χ4v) is 3.66. The number of amides is 1. The van der Waals surface area contributed by atoms with Crippen molar-refractivity contribution in [2.24, 2.45) is 17.3 Å². The van der Waals surface area contributed by atoms with Gasteiger partial charge in [0.15, 0.2) is 0 Å². The summed E-state index contributed by atoms with van der Waals surface area (Å²) in [6.07, 6.45) is 2.20. The molecule has 0 aromatic rings. The first-order valence-corrected chi connectivity index (χ1v) is 9.13. The van der Waals surface area contributed by atoms with E-state index in [4.69, 9.17) is 0 Å². The summed E-state index contributed by atoms with van der Waals surface area (Å²) in [7, 11) is 0. The third kappa shape index (κ3) is 4.10. The largest absolute Gasteiger partial charge is 0.340 e. The van der Waals surface area contributed by atoms with Crippen LogP contribution >= 0.6 is 0 Å². The molecule has 0 aromatic heterocycles. The van der Waals surface area contributed by atoms with Crippen LogP contribution in [0.3, 0.4) is 0 Å². The molecule has 23 heavy (non-hydrogen) atoms. The van der Waals surface area contributed by atoms with Gasteiger partial charge in [-0.2, -0.15) is 0 Å². The first kappa shape index (κ1) is 18.3. The molecule has 2 rings (SSSR count). The SMILES string of the molecule is CC(C)C1(C)C(C)N1CC(=O)N1CCCC(C#CC(C)(C)C)C1. The minimum Gasteiger partial charge on any atom is -0.340 e. The molecule has 1 amide bonds. The lowest BCUT2D eigenvalue weighted by Gasteiger charge is -2.31. The van der Waals surface area contributed by atoms with Gasteiger partial charge < -0.3 is 4.90 Å². The average Bonchev–Trinajstić information content (AvgIpc) is 2.99. The van der Waals surface area contributed by atoms with Crippen LogP contribution in [0.5, 0.6) is 0 Å². The zero-order chi connectivity index (χ0) is 17.4. The summed E-state index contributed by atoms with van der Waals surface area (Å²) in [6, 6.07) is 0.507. The van der Waals surface area contributed by atoms with Crippen molar-refractivity contribution in [1.29, 1.82) is 0 Å². The molecule has 0 bridgehead atoms. The van der Waals surface area contributed by atoms with Crippen molar-refractivity contribution in [3.63, 3.8) is 0 Å². The van der Waals surface area contributed by atoms with E-state index < -0.39 is 0 Å². The first-order chi connectivity index (χ1) is 10.6. The lowest BCUT2D eigenvalue weighted by molar-refractivity contribution is -0.133. The van der Waals surface area contributed by atoms with E-state index in [-0.39, 0.29) is 16.9 Å². The Hall–Kier alpha value is -1.01. The van der Waals surface area contributed by atoms with E-state index in [2.05, 4.69) is 65.2 Å². The fraction of sp³-hybridized carbons (Fsp3) is 0.850. The summed E-state index contributed by atoms with van der Waals surface area (Å²) in [5.41, 5.74) is 0.234. The van der Waals surface area contributed by atoms with Crippen LogP contribution in [-0.4, -0.2) is 46.9 Å². The van der Waals surface area contributed by atoms with Gasteiger partial charge in [-0.1, -0.05) is 25.7 Å². The highest BCUT2D eigenvalue weighted by atomic mass is 16.2. The normalized spacial score (nSPS) is 34.1. The minimum atomic E-state index is 0.0422. The van der Waals surface area contributed by atoms with Crippen LogP contribution in [-0.2, 0) is 4.79 Å². The van der Waals surface area contributed by atoms with Crippen molar-refractivity contribution in [3.05, 3.63) is 0 Å². The van der Waals surface area contributed by atoms with Crippen molar-refractivity contribution in [1.82, 2.24) is 9.80 Å². The first-order valence-electron chi connectivity index (χ1n) is 9.13. The Morgan fingerprint density at radius 2 is 2.00 bits per heavy atom. The molecule has 2 heterocycles. The lowest BCUT2D eigenvalue weighted by atomic mass is 9.93. The highest BCUT2D eigenvalue weighted by Crippen LogP contribution is 2.46. The zero-order valence-electron chi connectivity index (χ0n) is 16.1. The third-order valence-electron chi connectivity index (χ3n) is 5.76. The highest BCUT2D eigenvalue weighted by Gasteiger charge is 2.58. The molecule has 3 nitrogen and oxygen atoms in total. The summed E-state index contributed by atoms with van der Waals surface area (Å²) < 4.78 is 0. The Bertz CT molecular complexity index is 508. The van der Waals surface area contributed by atoms with E-state index in [1.807, 2.05) is 4.90 Å². The van der Waals surface area contributed by atoms with Crippen LogP contribution < -0.4 is 0 Å².